The fourth-order valence-corrected chi connectivity index (χ4v) is 3.68. The Morgan fingerprint density at radius 3 is 2.45 bits per heavy atom. The SMILES string of the molecule is CS(=O)(=O)Nc1cc(NC(=O)c2ccc(N3CCNCC3)cc2)ccc1OCCO.Cl. The van der Waals surface area contributed by atoms with Gasteiger partial charge in [-0.25, -0.2) is 8.42 Å². The molecule has 0 atom stereocenters. The quantitative estimate of drug-likeness (QED) is 0.461. The molecule has 1 fully saturated rings. The van der Waals surface area contributed by atoms with Gasteiger partial charge >= 0.3 is 0 Å². The predicted molar refractivity (Wildman–Crippen MR) is 124 cm³/mol. The van der Waals surface area contributed by atoms with Gasteiger partial charge in [-0.15, -0.1) is 12.4 Å². The van der Waals surface area contributed by atoms with Crippen molar-refractivity contribution in [1.29, 1.82) is 0 Å². The van der Waals surface area contributed by atoms with Crippen molar-refractivity contribution in [3.8, 4) is 5.75 Å². The third-order valence-electron chi connectivity index (χ3n) is 4.49. The Morgan fingerprint density at radius 2 is 1.84 bits per heavy atom. The average Bonchev–Trinajstić information content (AvgIpc) is 2.73. The molecule has 0 radical (unpaired) electrons. The summed E-state index contributed by atoms with van der Waals surface area (Å²) in [7, 11) is -3.55. The van der Waals surface area contributed by atoms with Gasteiger partial charge in [-0.1, -0.05) is 0 Å². The molecule has 2 aromatic rings. The van der Waals surface area contributed by atoms with Crippen LogP contribution >= 0.6 is 12.4 Å². The summed E-state index contributed by atoms with van der Waals surface area (Å²) < 4.78 is 31.0. The Morgan fingerprint density at radius 1 is 1.16 bits per heavy atom. The molecule has 0 aromatic heterocycles. The molecular weight excluding hydrogens is 444 g/mol. The zero-order valence-electron chi connectivity index (χ0n) is 17.1. The normalized spacial score (nSPS) is 13.8. The van der Waals surface area contributed by atoms with E-state index in [2.05, 4.69) is 20.3 Å². The molecule has 9 nitrogen and oxygen atoms in total. The Kier molecular flexibility index (Phi) is 8.93. The first-order valence-corrected chi connectivity index (χ1v) is 11.5. The van der Waals surface area contributed by atoms with Crippen LogP contribution in [0.1, 0.15) is 10.4 Å². The van der Waals surface area contributed by atoms with Crippen molar-refractivity contribution >= 4 is 45.4 Å². The average molecular weight is 471 g/mol. The van der Waals surface area contributed by atoms with Crippen molar-refractivity contribution in [2.24, 2.45) is 0 Å². The highest BCUT2D eigenvalue weighted by molar-refractivity contribution is 7.92. The number of aliphatic hydroxyl groups is 1. The van der Waals surface area contributed by atoms with Gasteiger partial charge in [-0.2, -0.15) is 0 Å². The number of aliphatic hydroxyl groups excluding tert-OH is 1. The van der Waals surface area contributed by atoms with Gasteiger partial charge in [-0.05, 0) is 42.5 Å². The molecule has 3 rings (SSSR count). The Labute approximate surface area is 188 Å². The van der Waals surface area contributed by atoms with Gasteiger partial charge in [0.2, 0.25) is 10.0 Å². The van der Waals surface area contributed by atoms with E-state index in [0.717, 1.165) is 38.1 Å². The van der Waals surface area contributed by atoms with Gasteiger partial charge in [0.05, 0.1) is 18.6 Å². The van der Waals surface area contributed by atoms with Crippen LogP contribution in [0.25, 0.3) is 0 Å². The highest BCUT2D eigenvalue weighted by Gasteiger charge is 2.14. The van der Waals surface area contributed by atoms with Gasteiger partial charge < -0.3 is 25.4 Å². The van der Waals surface area contributed by atoms with E-state index in [0.29, 0.717) is 11.3 Å². The van der Waals surface area contributed by atoms with Gasteiger partial charge in [0, 0.05) is 43.1 Å². The molecule has 170 valence electrons. The van der Waals surface area contributed by atoms with Crippen LogP contribution in [0.4, 0.5) is 17.1 Å². The molecule has 31 heavy (non-hydrogen) atoms. The maximum Gasteiger partial charge on any atom is 0.255 e. The van der Waals surface area contributed by atoms with Crippen LogP contribution in [0.5, 0.6) is 5.75 Å². The van der Waals surface area contributed by atoms with Crippen LogP contribution in [0, 0.1) is 0 Å². The molecule has 2 aromatic carbocycles. The molecule has 11 heteroatoms. The van der Waals surface area contributed by atoms with Crippen LogP contribution in [0.15, 0.2) is 42.5 Å². The number of piperazine rings is 1. The number of benzene rings is 2. The number of carbonyl (C=O) groups excluding carboxylic acids is 1. The molecule has 1 amide bonds. The third-order valence-corrected chi connectivity index (χ3v) is 5.08. The van der Waals surface area contributed by atoms with E-state index in [1.54, 1.807) is 18.2 Å². The fourth-order valence-electron chi connectivity index (χ4n) is 3.12. The van der Waals surface area contributed by atoms with Crippen LogP contribution in [-0.4, -0.2) is 65.1 Å². The van der Waals surface area contributed by atoms with Crippen molar-refractivity contribution in [3.63, 3.8) is 0 Å². The lowest BCUT2D eigenvalue weighted by molar-refractivity contribution is 0.102. The van der Waals surface area contributed by atoms with Crippen molar-refractivity contribution in [2.75, 3.05) is 60.6 Å². The van der Waals surface area contributed by atoms with Crippen molar-refractivity contribution in [3.05, 3.63) is 48.0 Å². The van der Waals surface area contributed by atoms with Crippen LogP contribution in [-0.2, 0) is 10.0 Å². The smallest absolute Gasteiger partial charge is 0.255 e. The summed E-state index contributed by atoms with van der Waals surface area (Å²) in [6, 6.07) is 12.0. The molecule has 0 spiro atoms. The Balaban J connectivity index is 0.00000341. The minimum absolute atomic E-state index is 0. The highest BCUT2D eigenvalue weighted by Crippen LogP contribution is 2.29. The Hall–Kier alpha value is -2.53. The number of ether oxygens (including phenoxy) is 1. The largest absolute Gasteiger partial charge is 0.489 e. The minimum atomic E-state index is -3.55. The number of nitrogens with one attached hydrogen (secondary N) is 3. The number of halogens is 1. The molecule has 1 saturated heterocycles. The molecular formula is C20H27ClN4O5S. The first-order valence-electron chi connectivity index (χ1n) is 9.58. The number of hydrogen-bond donors (Lipinski definition) is 4. The zero-order chi connectivity index (χ0) is 21.6. The molecule has 0 saturated carbocycles. The van der Waals surface area contributed by atoms with E-state index < -0.39 is 10.0 Å². The summed E-state index contributed by atoms with van der Waals surface area (Å²) in [6.45, 7) is 3.53. The maximum absolute atomic E-state index is 12.6. The van der Waals surface area contributed by atoms with E-state index in [-0.39, 0.29) is 43.0 Å². The first kappa shape index (κ1) is 24.7. The number of carbonyl (C=O) groups is 1. The topological polar surface area (TPSA) is 120 Å². The van der Waals surface area contributed by atoms with Gasteiger partial charge in [-0.3, -0.25) is 9.52 Å². The monoisotopic (exact) mass is 470 g/mol. The molecule has 0 bridgehead atoms. The van der Waals surface area contributed by atoms with E-state index in [9.17, 15) is 13.2 Å². The molecule has 1 aliphatic heterocycles. The molecule has 1 heterocycles. The van der Waals surface area contributed by atoms with Crippen molar-refractivity contribution in [1.82, 2.24) is 5.32 Å². The second kappa shape index (κ2) is 11.2. The summed E-state index contributed by atoms with van der Waals surface area (Å²) in [5, 5.41) is 15.0. The van der Waals surface area contributed by atoms with Crippen LogP contribution in [0.2, 0.25) is 0 Å². The first-order chi connectivity index (χ1) is 14.4. The second-order valence-corrected chi connectivity index (χ2v) is 8.64. The summed E-state index contributed by atoms with van der Waals surface area (Å²) >= 11 is 0. The Bertz CT molecular complexity index is 980. The van der Waals surface area contributed by atoms with E-state index >= 15 is 0 Å². The van der Waals surface area contributed by atoms with E-state index in [1.807, 2.05) is 12.1 Å². The van der Waals surface area contributed by atoms with Crippen LogP contribution < -0.4 is 25.0 Å². The van der Waals surface area contributed by atoms with Gasteiger partial charge in [0.15, 0.2) is 0 Å². The van der Waals surface area contributed by atoms with Gasteiger partial charge in [0.25, 0.3) is 5.91 Å². The van der Waals surface area contributed by atoms with Crippen LogP contribution in [0.3, 0.4) is 0 Å². The maximum atomic E-state index is 12.6. The molecule has 0 aliphatic carbocycles. The molecule has 4 N–H and O–H groups in total. The summed E-state index contributed by atoms with van der Waals surface area (Å²) in [5.41, 5.74) is 2.15. The number of hydrogen-bond acceptors (Lipinski definition) is 7. The molecule has 0 unspecified atom stereocenters. The number of sulfonamides is 1. The highest BCUT2D eigenvalue weighted by atomic mass is 35.5. The molecule has 1 aliphatic rings. The van der Waals surface area contributed by atoms with Crippen molar-refractivity contribution in [2.45, 2.75) is 0 Å². The minimum Gasteiger partial charge on any atom is -0.489 e. The third kappa shape index (κ3) is 7.28. The fraction of sp³-hybridized carbons (Fsp3) is 0.350. The number of rotatable bonds is 8. The lowest BCUT2D eigenvalue weighted by Gasteiger charge is -2.29. The number of amides is 1. The van der Waals surface area contributed by atoms with E-state index in [4.69, 9.17) is 9.84 Å². The zero-order valence-corrected chi connectivity index (χ0v) is 18.8. The summed E-state index contributed by atoms with van der Waals surface area (Å²) in [4.78, 5) is 14.9. The summed E-state index contributed by atoms with van der Waals surface area (Å²) in [5.74, 6) is -0.0518. The standard InChI is InChI=1S/C20H26N4O5S.ClH/c1-30(27,28)23-18-14-16(4-7-19(18)29-13-12-25)22-20(26)15-2-5-17(6-3-15)24-10-8-21-9-11-24;/h2-7,14,21,23,25H,8-13H2,1H3,(H,22,26);1H. The predicted octanol–water partition coefficient (Wildman–Crippen LogP) is 1.51. The van der Waals surface area contributed by atoms with Crippen molar-refractivity contribution < 1.29 is 23.1 Å². The second-order valence-electron chi connectivity index (χ2n) is 6.90. The lowest BCUT2D eigenvalue weighted by atomic mass is 10.1. The number of anilines is 3. The number of nitrogens with zero attached hydrogens (tertiary/aromatic N) is 1. The van der Waals surface area contributed by atoms with E-state index in [1.165, 1.54) is 12.1 Å². The summed E-state index contributed by atoms with van der Waals surface area (Å²) in [6.07, 6.45) is 1.02. The lowest BCUT2D eigenvalue weighted by Crippen LogP contribution is -2.43. The van der Waals surface area contributed by atoms with Gasteiger partial charge in [0.1, 0.15) is 12.4 Å².